The number of nitriles is 1. The zero-order chi connectivity index (χ0) is 22.5. The van der Waals surface area contributed by atoms with Crippen LogP contribution < -0.4 is 10.2 Å². The van der Waals surface area contributed by atoms with Gasteiger partial charge in [0.1, 0.15) is 22.9 Å². The Morgan fingerprint density at radius 3 is 2.65 bits per heavy atom. The first kappa shape index (κ1) is 20.4. The molecule has 8 heteroatoms. The molecule has 0 saturated carbocycles. The van der Waals surface area contributed by atoms with Crippen LogP contribution >= 0.6 is 0 Å². The Morgan fingerprint density at radius 1 is 1.29 bits per heavy atom. The highest BCUT2D eigenvalue weighted by atomic mass is 16.5. The zero-order valence-corrected chi connectivity index (χ0v) is 17.7. The van der Waals surface area contributed by atoms with Crippen LogP contribution in [0.3, 0.4) is 0 Å². The average molecular weight is 418 g/mol. The van der Waals surface area contributed by atoms with E-state index in [1.54, 1.807) is 18.2 Å². The topological polar surface area (TPSA) is 110 Å². The summed E-state index contributed by atoms with van der Waals surface area (Å²) in [5.41, 5.74) is 1.85. The van der Waals surface area contributed by atoms with Crippen LogP contribution in [-0.4, -0.2) is 32.5 Å². The van der Waals surface area contributed by atoms with Crippen LogP contribution in [0.4, 0.5) is 0 Å². The van der Waals surface area contributed by atoms with Gasteiger partial charge in [-0.3, -0.25) is 9.48 Å². The SMILES string of the molecule is COc1cccc(-c2cc3n(n2)C[C@@H](C(C)(C)C)n2cc(C(=O)O)c(=O)cc2-3)c1C#N. The average Bonchev–Trinajstić information content (AvgIpc) is 3.15. The number of hydrogen-bond donors (Lipinski definition) is 1. The van der Waals surface area contributed by atoms with E-state index in [0.29, 0.717) is 40.5 Å². The molecule has 31 heavy (non-hydrogen) atoms. The van der Waals surface area contributed by atoms with E-state index in [4.69, 9.17) is 9.84 Å². The van der Waals surface area contributed by atoms with Gasteiger partial charge in [0.2, 0.25) is 0 Å². The minimum absolute atomic E-state index is 0.123. The molecule has 1 aliphatic heterocycles. The van der Waals surface area contributed by atoms with Gasteiger partial charge in [-0.25, -0.2) is 4.79 Å². The lowest BCUT2D eigenvalue weighted by Gasteiger charge is -2.38. The summed E-state index contributed by atoms with van der Waals surface area (Å²) in [4.78, 5) is 24.0. The Kier molecular flexibility index (Phi) is 4.69. The highest BCUT2D eigenvalue weighted by molar-refractivity contribution is 5.87. The molecule has 0 bridgehead atoms. The van der Waals surface area contributed by atoms with Gasteiger partial charge >= 0.3 is 5.97 Å². The minimum atomic E-state index is -1.25. The molecule has 3 heterocycles. The van der Waals surface area contributed by atoms with E-state index in [-0.39, 0.29) is 17.0 Å². The van der Waals surface area contributed by atoms with Crippen molar-refractivity contribution in [1.29, 1.82) is 5.26 Å². The number of carbonyl (C=O) groups is 1. The fourth-order valence-electron chi connectivity index (χ4n) is 4.04. The smallest absolute Gasteiger partial charge is 0.341 e. The number of aromatic carboxylic acids is 1. The molecule has 0 fully saturated rings. The van der Waals surface area contributed by atoms with Crippen LogP contribution in [-0.2, 0) is 6.54 Å². The van der Waals surface area contributed by atoms with E-state index in [9.17, 15) is 20.0 Å². The quantitative estimate of drug-likeness (QED) is 0.696. The Hall–Kier alpha value is -3.86. The van der Waals surface area contributed by atoms with Crippen molar-refractivity contribution in [2.45, 2.75) is 33.4 Å². The van der Waals surface area contributed by atoms with Gasteiger partial charge in [0.15, 0.2) is 5.43 Å². The van der Waals surface area contributed by atoms with Crippen molar-refractivity contribution in [2.75, 3.05) is 7.11 Å². The molecule has 4 rings (SSSR count). The van der Waals surface area contributed by atoms with Gasteiger partial charge in [-0.15, -0.1) is 0 Å². The summed E-state index contributed by atoms with van der Waals surface area (Å²) in [5, 5.41) is 23.8. The summed E-state index contributed by atoms with van der Waals surface area (Å²) < 4.78 is 9.00. The van der Waals surface area contributed by atoms with Gasteiger partial charge in [0, 0.05) is 17.8 Å². The predicted octanol–water partition coefficient (Wildman–Crippen LogP) is 3.56. The summed E-state index contributed by atoms with van der Waals surface area (Å²) in [6.45, 7) is 6.68. The molecule has 0 radical (unpaired) electrons. The highest BCUT2D eigenvalue weighted by Gasteiger charge is 2.34. The molecule has 3 aromatic rings. The van der Waals surface area contributed by atoms with Crippen LogP contribution in [0, 0.1) is 16.7 Å². The normalized spacial score (nSPS) is 15.0. The highest BCUT2D eigenvalue weighted by Crippen LogP contribution is 2.41. The number of carboxylic acid groups (broad SMARTS) is 1. The number of ether oxygens (including phenoxy) is 1. The second kappa shape index (κ2) is 7.13. The van der Waals surface area contributed by atoms with Crippen molar-refractivity contribution >= 4 is 5.97 Å². The zero-order valence-electron chi connectivity index (χ0n) is 17.7. The van der Waals surface area contributed by atoms with E-state index < -0.39 is 11.4 Å². The first-order valence-electron chi connectivity index (χ1n) is 9.81. The van der Waals surface area contributed by atoms with Crippen molar-refractivity contribution in [1.82, 2.24) is 14.3 Å². The molecule has 1 aromatic carbocycles. The summed E-state index contributed by atoms with van der Waals surface area (Å²) in [6.07, 6.45) is 1.43. The lowest BCUT2D eigenvalue weighted by molar-refractivity contribution is 0.0693. The molecule has 8 nitrogen and oxygen atoms in total. The van der Waals surface area contributed by atoms with Gasteiger partial charge < -0.3 is 14.4 Å². The molecule has 1 aliphatic rings. The Morgan fingerprint density at radius 2 is 2.03 bits per heavy atom. The number of nitrogens with zero attached hydrogens (tertiary/aromatic N) is 4. The van der Waals surface area contributed by atoms with Gasteiger partial charge in [-0.05, 0) is 17.5 Å². The molecular formula is C23H22N4O4. The number of pyridine rings is 1. The molecule has 0 amide bonds. The van der Waals surface area contributed by atoms with E-state index >= 15 is 0 Å². The molecule has 2 aromatic heterocycles. The van der Waals surface area contributed by atoms with Crippen LogP contribution in [0.15, 0.2) is 41.3 Å². The molecule has 0 saturated heterocycles. The number of aromatic nitrogens is 3. The van der Waals surface area contributed by atoms with Crippen molar-refractivity contribution in [3.05, 3.63) is 57.9 Å². The Labute approximate surface area is 178 Å². The monoisotopic (exact) mass is 418 g/mol. The Balaban J connectivity index is 1.96. The minimum Gasteiger partial charge on any atom is -0.495 e. The maximum atomic E-state index is 12.5. The lowest BCUT2D eigenvalue weighted by atomic mass is 9.85. The maximum Gasteiger partial charge on any atom is 0.341 e. The standard InChI is InChI=1S/C23H22N4O4/c1-23(2,3)21-12-27-18(17-9-19(28)15(22(29)30)11-26(17)21)8-16(25-27)13-6-5-7-20(31-4)14(13)10-24/h5-9,11,21H,12H2,1-4H3,(H,29,30)/t21-/m0/s1. The van der Waals surface area contributed by atoms with Crippen LogP contribution in [0.5, 0.6) is 5.75 Å². The Bertz CT molecular complexity index is 1300. The van der Waals surface area contributed by atoms with Crippen molar-refractivity contribution in [2.24, 2.45) is 5.41 Å². The molecule has 0 aliphatic carbocycles. The number of carboxylic acids is 1. The summed E-state index contributed by atoms with van der Waals surface area (Å²) in [7, 11) is 1.51. The lowest BCUT2D eigenvalue weighted by Crippen LogP contribution is -2.35. The van der Waals surface area contributed by atoms with E-state index in [1.165, 1.54) is 19.4 Å². The number of benzene rings is 1. The largest absolute Gasteiger partial charge is 0.495 e. The number of rotatable bonds is 3. The third kappa shape index (κ3) is 3.28. The number of fused-ring (bicyclic) bond motifs is 3. The summed E-state index contributed by atoms with van der Waals surface area (Å²) in [6, 6.07) is 10.5. The van der Waals surface area contributed by atoms with Crippen molar-refractivity contribution in [3.8, 4) is 34.5 Å². The summed E-state index contributed by atoms with van der Waals surface area (Å²) in [5.74, 6) is -0.788. The predicted molar refractivity (Wildman–Crippen MR) is 114 cm³/mol. The van der Waals surface area contributed by atoms with Crippen molar-refractivity contribution in [3.63, 3.8) is 0 Å². The van der Waals surface area contributed by atoms with Crippen LogP contribution in [0.25, 0.3) is 22.6 Å². The van der Waals surface area contributed by atoms with E-state index in [0.717, 1.165) is 0 Å². The summed E-state index contributed by atoms with van der Waals surface area (Å²) >= 11 is 0. The van der Waals surface area contributed by atoms with E-state index in [1.807, 2.05) is 15.3 Å². The first-order valence-corrected chi connectivity index (χ1v) is 9.81. The van der Waals surface area contributed by atoms with Crippen LogP contribution in [0.2, 0.25) is 0 Å². The third-order valence-corrected chi connectivity index (χ3v) is 5.67. The van der Waals surface area contributed by atoms with Gasteiger partial charge in [-0.2, -0.15) is 10.4 Å². The number of hydrogen-bond acceptors (Lipinski definition) is 5. The third-order valence-electron chi connectivity index (χ3n) is 5.67. The second-order valence-corrected chi connectivity index (χ2v) is 8.62. The number of methoxy groups -OCH3 is 1. The molecule has 1 atom stereocenters. The fourth-order valence-corrected chi connectivity index (χ4v) is 4.04. The van der Waals surface area contributed by atoms with Gasteiger partial charge in [0.05, 0.1) is 36.8 Å². The molecule has 158 valence electrons. The first-order chi connectivity index (χ1) is 14.7. The van der Waals surface area contributed by atoms with Gasteiger partial charge in [-0.1, -0.05) is 32.9 Å². The fraction of sp³-hybridized carbons (Fsp3) is 0.304. The van der Waals surface area contributed by atoms with Gasteiger partial charge in [0.25, 0.3) is 0 Å². The molecular weight excluding hydrogens is 396 g/mol. The maximum absolute atomic E-state index is 12.5. The van der Waals surface area contributed by atoms with Crippen LogP contribution in [0.1, 0.15) is 42.7 Å². The van der Waals surface area contributed by atoms with Crippen molar-refractivity contribution < 1.29 is 14.6 Å². The molecule has 0 spiro atoms. The molecule has 1 N–H and O–H groups in total. The van der Waals surface area contributed by atoms with E-state index in [2.05, 4.69) is 26.8 Å². The second-order valence-electron chi connectivity index (χ2n) is 8.62. The molecule has 0 unspecified atom stereocenters.